The summed E-state index contributed by atoms with van der Waals surface area (Å²) in [4.78, 5) is 64.6. The normalized spacial score (nSPS) is 19.2. The van der Waals surface area contributed by atoms with Crippen molar-refractivity contribution < 1.29 is 33.8 Å². The molecule has 1 aromatic carbocycles. The summed E-state index contributed by atoms with van der Waals surface area (Å²) in [5, 5.41) is 16.7. The number of carbonyl (C=O) groups is 4. The third-order valence-electron chi connectivity index (χ3n) is 7.83. The molecule has 1 saturated carbocycles. The molecule has 46 heavy (non-hydrogen) atoms. The molecular formula is C33H46N6O7. The number of nitrogens with zero attached hydrogens (tertiary/aromatic N) is 4. The van der Waals surface area contributed by atoms with E-state index >= 15 is 0 Å². The first kappa shape index (κ1) is 34.6. The van der Waals surface area contributed by atoms with Crippen LogP contribution < -0.4 is 10.6 Å². The number of rotatable bonds is 10. The zero-order chi connectivity index (χ0) is 33.3. The van der Waals surface area contributed by atoms with Crippen LogP contribution in [0.25, 0.3) is 11.4 Å². The molecule has 0 bridgehead atoms. The van der Waals surface area contributed by atoms with Crippen LogP contribution >= 0.6 is 0 Å². The van der Waals surface area contributed by atoms with Crippen molar-refractivity contribution in [3.63, 3.8) is 0 Å². The lowest BCUT2D eigenvalue weighted by atomic mass is 9.92. The van der Waals surface area contributed by atoms with Crippen LogP contribution in [0.2, 0.25) is 0 Å². The average Bonchev–Trinajstić information content (AvgIpc) is 3.03. The monoisotopic (exact) mass is 638 g/mol. The fourth-order valence-electron chi connectivity index (χ4n) is 5.51. The van der Waals surface area contributed by atoms with Gasteiger partial charge >= 0.3 is 12.1 Å². The van der Waals surface area contributed by atoms with E-state index in [-0.39, 0.29) is 63.3 Å². The molecule has 0 radical (unpaired) electrons. The number of aliphatic hydroxyl groups excluding tert-OH is 1. The molecule has 13 nitrogen and oxygen atoms in total. The second-order valence-electron chi connectivity index (χ2n) is 12.6. The molecule has 2 heterocycles. The number of hydrogen-bond acceptors (Lipinski definition) is 10. The van der Waals surface area contributed by atoms with Gasteiger partial charge in [0, 0.05) is 44.2 Å². The predicted octanol–water partition coefficient (Wildman–Crippen LogP) is 3.38. The maximum Gasteiger partial charge on any atom is 0.409 e. The van der Waals surface area contributed by atoms with E-state index in [1.54, 1.807) is 32.6 Å². The van der Waals surface area contributed by atoms with Crippen LogP contribution in [0, 0.1) is 0 Å². The summed E-state index contributed by atoms with van der Waals surface area (Å²) in [5.41, 5.74) is 0.0261. The number of aliphatic hydroxyl groups is 1. The van der Waals surface area contributed by atoms with E-state index in [4.69, 9.17) is 9.47 Å². The minimum Gasteiger partial charge on any atom is -0.460 e. The number of carbonyl (C=O) groups excluding carboxylic acids is 4. The summed E-state index contributed by atoms with van der Waals surface area (Å²) in [6.07, 6.45) is 2.29. The maximum atomic E-state index is 13.8. The van der Waals surface area contributed by atoms with Crippen LogP contribution in [0.5, 0.6) is 0 Å². The van der Waals surface area contributed by atoms with Gasteiger partial charge in [0.05, 0.1) is 18.8 Å². The SMILES string of the molecule is CCOC(=O)N1CCN(C(=O)[C@H](CCC(=O)OC(C)(C)C)NC(=O)c2cc(NC3CCCCC3O)nc(-c3ccccc3)n2)CC1. The van der Waals surface area contributed by atoms with Crippen molar-refractivity contribution in [2.45, 2.75) is 90.0 Å². The first-order valence-corrected chi connectivity index (χ1v) is 16.1. The summed E-state index contributed by atoms with van der Waals surface area (Å²) in [5.74, 6) is -0.775. The molecule has 1 saturated heterocycles. The van der Waals surface area contributed by atoms with Gasteiger partial charge in [-0.25, -0.2) is 14.8 Å². The van der Waals surface area contributed by atoms with Crippen molar-refractivity contribution in [2.24, 2.45) is 0 Å². The smallest absolute Gasteiger partial charge is 0.409 e. The molecule has 3 atom stereocenters. The van der Waals surface area contributed by atoms with Crippen LogP contribution in [0.4, 0.5) is 10.6 Å². The molecule has 0 spiro atoms. The summed E-state index contributed by atoms with van der Waals surface area (Å²) >= 11 is 0. The van der Waals surface area contributed by atoms with E-state index in [9.17, 15) is 24.3 Å². The molecule has 2 aliphatic rings. The van der Waals surface area contributed by atoms with E-state index in [1.165, 1.54) is 11.0 Å². The van der Waals surface area contributed by atoms with Gasteiger partial charge in [0.15, 0.2) is 5.82 Å². The van der Waals surface area contributed by atoms with E-state index in [2.05, 4.69) is 20.6 Å². The Morgan fingerprint density at radius 1 is 1.00 bits per heavy atom. The second-order valence-corrected chi connectivity index (χ2v) is 12.6. The van der Waals surface area contributed by atoms with Crippen molar-refractivity contribution in [2.75, 3.05) is 38.1 Å². The van der Waals surface area contributed by atoms with E-state index in [0.717, 1.165) is 19.3 Å². The number of nitrogens with one attached hydrogen (secondary N) is 2. The highest BCUT2D eigenvalue weighted by Crippen LogP contribution is 2.24. The zero-order valence-corrected chi connectivity index (χ0v) is 27.2. The fourth-order valence-corrected chi connectivity index (χ4v) is 5.51. The molecule has 2 aromatic rings. The van der Waals surface area contributed by atoms with Crippen LogP contribution in [-0.2, 0) is 19.1 Å². The summed E-state index contributed by atoms with van der Waals surface area (Å²) in [6, 6.07) is 9.45. The van der Waals surface area contributed by atoms with Gasteiger partial charge in [-0.05, 0) is 47.0 Å². The Morgan fingerprint density at radius 3 is 2.33 bits per heavy atom. The van der Waals surface area contributed by atoms with E-state index in [0.29, 0.717) is 23.6 Å². The minimum atomic E-state index is -1.05. The van der Waals surface area contributed by atoms with Crippen LogP contribution in [0.3, 0.4) is 0 Å². The Labute approximate surface area is 270 Å². The number of anilines is 1. The number of hydrogen-bond donors (Lipinski definition) is 3. The molecular weight excluding hydrogens is 592 g/mol. The molecule has 3 N–H and O–H groups in total. The Balaban J connectivity index is 1.56. The first-order valence-electron chi connectivity index (χ1n) is 16.1. The van der Waals surface area contributed by atoms with Crippen LogP contribution in [0.1, 0.15) is 76.7 Å². The van der Waals surface area contributed by atoms with Gasteiger partial charge in [0.25, 0.3) is 5.91 Å². The number of ether oxygens (including phenoxy) is 2. The number of benzene rings is 1. The van der Waals surface area contributed by atoms with Gasteiger partial charge in [-0.3, -0.25) is 14.4 Å². The maximum absolute atomic E-state index is 13.8. The quantitative estimate of drug-likeness (QED) is 0.329. The first-order chi connectivity index (χ1) is 21.9. The lowest BCUT2D eigenvalue weighted by Crippen LogP contribution is -2.56. The summed E-state index contributed by atoms with van der Waals surface area (Å²) in [7, 11) is 0. The molecule has 4 rings (SSSR count). The van der Waals surface area contributed by atoms with Crippen molar-refractivity contribution in [1.82, 2.24) is 25.1 Å². The average molecular weight is 639 g/mol. The molecule has 1 aliphatic heterocycles. The summed E-state index contributed by atoms with van der Waals surface area (Å²) < 4.78 is 10.5. The van der Waals surface area contributed by atoms with Gasteiger partial charge in [0.2, 0.25) is 5.91 Å². The molecule has 2 unspecified atom stereocenters. The zero-order valence-electron chi connectivity index (χ0n) is 27.2. The highest BCUT2D eigenvalue weighted by molar-refractivity contribution is 5.97. The molecule has 1 aromatic heterocycles. The molecule has 3 amide bonds. The fraction of sp³-hybridized carbons (Fsp3) is 0.576. The molecule has 1 aliphatic carbocycles. The lowest BCUT2D eigenvalue weighted by Gasteiger charge is -2.36. The van der Waals surface area contributed by atoms with Crippen LogP contribution in [0.15, 0.2) is 36.4 Å². The predicted molar refractivity (Wildman–Crippen MR) is 171 cm³/mol. The Kier molecular flexibility index (Phi) is 11.9. The van der Waals surface area contributed by atoms with Crippen LogP contribution in [-0.4, -0.2) is 105 Å². The van der Waals surface area contributed by atoms with Gasteiger partial charge in [-0.15, -0.1) is 0 Å². The van der Waals surface area contributed by atoms with Gasteiger partial charge in [-0.1, -0.05) is 43.2 Å². The molecule has 2 fully saturated rings. The third kappa shape index (κ3) is 9.87. The highest BCUT2D eigenvalue weighted by atomic mass is 16.6. The topological polar surface area (TPSA) is 163 Å². The van der Waals surface area contributed by atoms with Crippen molar-refractivity contribution in [3.05, 3.63) is 42.1 Å². The second kappa shape index (κ2) is 15.8. The molecule has 13 heteroatoms. The third-order valence-corrected chi connectivity index (χ3v) is 7.83. The largest absolute Gasteiger partial charge is 0.460 e. The summed E-state index contributed by atoms with van der Waals surface area (Å²) in [6.45, 7) is 8.33. The van der Waals surface area contributed by atoms with Gasteiger partial charge in [-0.2, -0.15) is 0 Å². The van der Waals surface area contributed by atoms with E-state index < -0.39 is 35.7 Å². The Morgan fingerprint density at radius 2 is 1.67 bits per heavy atom. The lowest BCUT2D eigenvalue weighted by molar-refractivity contribution is -0.155. The number of piperazine rings is 1. The minimum absolute atomic E-state index is 0.00752. The van der Waals surface area contributed by atoms with Gasteiger partial charge in [0.1, 0.15) is 23.2 Å². The number of aromatic nitrogens is 2. The number of amides is 3. The van der Waals surface area contributed by atoms with Gasteiger partial charge < -0.3 is 35.0 Å². The Hall–Kier alpha value is -4.26. The van der Waals surface area contributed by atoms with Crippen molar-refractivity contribution in [3.8, 4) is 11.4 Å². The van der Waals surface area contributed by atoms with E-state index in [1.807, 2.05) is 30.3 Å². The molecule has 250 valence electrons. The standard InChI is InChI=1S/C33H46N6O7/c1-5-45-32(44)39-19-17-38(18-20-39)31(43)24(15-16-28(41)46-33(2,3)4)36-30(42)25-21-27(34-23-13-9-10-14-26(23)40)37-29(35-25)22-11-7-6-8-12-22/h6-8,11-12,21,23-24,26,40H,5,9-10,13-20H2,1-4H3,(H,36,42)(H,34,35,37)/t23?,24-,26?/m0/s1. The number of esters is 1. The highest BCUT2D eigenvalue weighted by Gasteiger charge is 2.32. The van der Waals surface area contributed by atoms with Crippen molar-refractivity contribution >= 4 is 29.7 Å². The Bertz CT molecular complexity index is 1360. The van der Waals surface area contributed by atoms with Crippen molar-refractivity contribution in [1.29, 1.82) is 0 Å².